The van der Waals surface area contributed by atoms with Gasteiger partial charge in [0.15, 0.2) is 5.76 Å². The zero-order valence-corrected chi connectivity index (χ0v) is 13.0. The van der Waals surface area contributed by atoms with Crippen molar-refractivity contribution in [2.45, 2.75) is 6.54 Å². The predicted octanol–water partition coefficient (Wildman–Crippen LogP) is 3.59. The van der Waals surface area contributed by atoms with Crippen molar-refractivity contribution in [2.24, 2.45) is 5.73 Å². The lowest BCUT2D eigenvalue weighted by molar-refractivity contribution is 0.0965. The van der Waals surface area contributed by atoms with Crippen LogP contribution in [0.1, 0.15) is 16.3 Å². The molecule has 2 aromatic carbocycles. The molecule has 4 nitrogen and oxygen atoms in total. The fourth-order valence-corrected chi connectivity index (χ4v) is 2.27. The van der Waals surface area contributed by atoms with E-state index in [-0.39, 0.29) is 24.9 Å². The van der Waals surface area contributed by atoms with Gasteiger partial charge >= 0.3 is 0 Å². The van der Waals surface area contributed by atoms with Crippen molar-refractivity contribution < 1.29 is 9.21 Å². The molecule has 2 N–H and O–H groups in total. The number of hydrogen-bond donors (Lipinski definition) is 1. The van der Waals surface area contributed by atoms with Gasteiger partial charge in [0, 0.05) is 12.7 Å². The molecule has 0 saturated carbocycles. The van der Waals surface area contributed by atoms with Crippen molar-refractivity contribution in [1.29, 1.82) is 0 Å². The fraction of sp³-hybridized carbons (Fsp3) is 0.118. The summed E-state index contributed by atoms with van der Waals surface area (Å²) in [4.78, 5) is 14.0. The molecule has 0 fully saturated rings. The van der Waals surface area contributed by atoms with Gasteiger partial charge in [-0.1, -0.05) is 30.3 Å². The molecule has 0 atom stereocenters. The number of fused-ring (bicyclic) bond motifs is 1. The second-order valence-electron chi connectivity index (χ2n) is 4.87. The third-order valence-corrected chi connectivity index (χ3v) is 3.50. The van der Waals surface area contributed by atoms with Crippen LogP contribution < -0.4 is 10.6 Å². The molecule has 5 heteroatoms. The number of carbonyl (C=O) groups excluding carboxylic acids is 1. The van der Waals surface area contributed by atoms with Crippen molar-refractivity contribution in [3.63, 3.8) is 0 Å². The summed E-state index contributed by atoms with van der Waals surface area (Å²) in [6, 6.07) is 17.3. The Labute approximate surface area is 134 Å². The highest BCUT2D eigenvalue weighted by Gasteiger charge is 2.17. The summed E-state index contributed by atoms with van der Waals surface area (Å²) in [5.74, 6) is 0.710. The number of anilines is 1. The van der Waals surface area contributed by atoms with Crippen LogP contribution in [0.3, 0.4) is 0 Å². The first kappa shape index (κ1) is 16.1. The van der Waals surface area contributed by atoms with Crippen LogP contribution >= 0.6 is 12.4 Å². The Kier molecular flexibility index (Phi) is 4.85. The summed E-state index contributed by atoms with van der Waals surface area (Å²) in [5, 5.41) is 2.24. The van der Waals surface area contributed by atoms with Gasteiger partial charge in [0.25, 0.3) is 5.91 Å². The number of furan rings is 1. The first-order valence-electron chi connectivity index (χ1n) is 6.74. The predicted molar refractivity (Wildman–Crippen MR) is 90.5 cm³/mol. The van der Waals surface area contributed by atoms with E-state index in [9.17, 15) is 4.79 Å². The molecule has 0 unspecified atom stereocenters. The Hall–Kier alpha value is -2.30. The van der Waals surface area contributed by atoms with Gasteiger partial charge < -0.3 is 15.1 Å². The Balaban J connectivity index is 0.00000176. The van der Waals surface area contributed by atoms with Crippen LogP contribution in [0.4, 0.5) is 5.69 Å². The summed E-state index contributed by atoms with van der Waals surface area (Å²) in [6.45, 7) is 0.285. The maximum Gasteiger partial charge on any atom is 0.293 e. The van der Waals surface area contributed by atoms with Crippen molar-refractivity contribution >= 4 is 34.8 Å². The maximum atomic E-state index is 12.4. The number of nitrogens with two attached hydrogens (primary N) is 1. The molecular formula is C17H17ClN2O2. The molecular weight excluding hydrogens is 300 g/mol. The van der Waals surface area contributed by atoms with Crippen molar-refractivity contribution in [2.75, 3.05) is 11.9 Å². The van der Waals surface area contributed by atoms with Gasteiger partial charge in [-0.2, -0.15) is 0 Å². The Bertz CT molecular complexity index is 798. The van der Waals surface area contributed by atoms with Gasteiger partial charge in [-0.25, -0.2) is 0 Å². The monoisotopic (exact) mass is 316 g/mol. The maximum absolute atomic E-state index is 12.4. The zero-order valence-electron chi connectivity index (χ0n) is 12.2. The smallest absolute Gasteiger partial charge is 0.293 e. The second-order valence-corrected chi connectivity index (χ2v) is 4.87. The number of benzene rings is 2. The largest absolute Gasteiger partial charge is 0.455 e. The lowest BCUT2D eigenvalue weighted by Gasteiger charge is -2.16. The van der Waals surface area contributed by atoms with Crippen molar-refractivity contribution in [1.82, 2.24) is 0 Å². The molecule has 0 aliphatic carbocycles. The SMILES string of the molecule is CN(C(=O)c1ccc(CN)o1)c1ccc2ccccc2c1.Cl. The van der Waals surface area contributed by atoms with E-state index in [1.54, 1.807) is 24.1 Å². The number of halogens is 1. The zero-order chi connectivity index (χ0) is 14.8. The van der Waals surface area contributed by atoms with E-state index in [0.29, 0.717) is 11.5 Å². The van der Waals surface area contributed by atoms with Crippen LogP contribution in [0, 0.1) is 0 Å². The van der Waals surface area contributed by atoms with Crippen LogP contribution in [-0.2, 0) is 6.54 Å². The average Bonchev–Trinajstić information content (AvgIpc) is 3.02. The molecule has 0 saturated heterocycles. The molecule has 1 amide bonds. The molecule has 3 rings (SSSR count). The quantitative estimate of drug-likeness (QED) is 0.803. The summed E-state index contributed by atoms with van der Waals surface area (Å²) in [5.41, 5.74) is 6.32. The van der Waals surface area contributed by atoms with Gasteiger partial charge in [-0.3, -0.25) is 4.79 Å². The molecule has 114 valence electrons. The van der Waals surface area contributed by atoms with Gasteiger partial charge in [0.2, 0.25) is 0 Å². The van der Waals surface area contributed by atoms with Crippen molar-refractivity contribution in [3.05, 3.63) is 66.1 Å². The van der Waals surface area contributed by atoms with Crippen LogP contribution in [0.15, 0.2) is 59.0 Å². The Morgan fingerprint density at radius 1 is 1.09 bits per heavy atom. The van der Waals surface area contributed by atoms with E-state index < -0.39 is 0 Å². The van der Waals surface area contributed by atoms with Gasteiger partial charge in [-0.05, 0) is 35.0 Å². The van der Waals surface area contributed by atoms with E-state index in [2.05, 4.69) is 0 Å². The van der Waals surface area contributed by atoms with Crippen LogP contribution in [0.25, 0.3) is 10.8 Å². The minimum absolute atomic E-state index is 0. The first-order chi connectivity index (χ1) is 10.2. The number of carbonyl (C=O) groups is 1. The van der Waals surface area contributed by atoms with E-state index in [1.165, 1.54) is 0 Å². The molecule has 1 heterocycles. The fourth-order valence-electron chi connectivity index (χ4n) is 2.27. The summed E-state index contributed by atoms with van der Waals surface area (Å²) in [6.07, 6.45) is 0. The van der Waals surface area contributed by atoms with E-state index >= 15 is 0 Å². The Morgan fingerprint density at radius 2 is 1.82 bits per heavy atom. The highest BCUT2D eigenvalue weighted by atomic mass is 35.5. The van der Waals surface area contributed by atoms with Gasteiger partial charge in [0.1, 0.15) is 5.76 Å². The molecule has 0 aliphatic rings. The molecule has 0 radical (unpaired) electrons. The number of nitrogens with zero attached hydrogens (tertiary/aromatic N) is 1. The highest BCUT2D eigenvalue weighted by molar-refractivity contribution is 6.04. The molecule has 1 aromatic heterocycles. The first-order valence-corrected chi connectivity index (χ1v) is 6.74. The summed E-state index contributed by atoms with van der Waals surface area (Å²) >= 11 is 0. The van der Waals surface area contributed by atoms with Gasteiger partial charge in [0.05, 0.1) is 6.54 Å². The van der Waals surface area contributed by atoms with Crippen LogP contribution in [0.5, 0.6) is 0 Å². The topological polar surface area (TPSA) is 59.5 Å². The number of amides is 1. The van der Waals surface area contributed by atoms with Gasteiger partial charge in [-0.15, -0.1) is 12.4 Å². The lowest BCUT2D eigenvalue weighted by Crippen LogP contribution is -2.25. The Morgan fingerprint density at radius 3 is 2.50 bits per heavy atom. The van der Waals surface area contributed by atoms with E-state index in [4.69, 9.17) is 10.2 Å². The minimum atomic E-state index is -0.190. The number of rotatable bonds is 3. The minimum Gasteiger partial charge on any atom is -0.455 e. The van der Waals surface area contributed by atoms with E-state index in [0.717, 1.165) is 16.5 Å². The molecule has 0 aliphatic heterocycles. The molecule has 0 spiro atoms. The third kappa shape index (κ3) is 2.98. The summed E-state index contributed by atoms with van der Waals surface area (Å²) < 4.78 is 5.41. The number of hydrogen-bond acceptors (Lipinski definition) is 3. The standard InChI is InChI=1S/C17H16N2O2.ClH/c1-19(17(20)16-9-8-15(11-18)21-16)14-7-6-12-4-2-3-5-13(12)10-14;/h2-10H,11,18H2,1H3;1H. The molecule has 22 heavy (non-hydrogen) atoms. The second kappa shape index (κ2) is 6.64. The average molecular weight is 317 g/mol. The van der Waals surface area contributed by atoms with Crippen molar-refractivity contribution in [3.8, 4) is 0 Å². The third-order valence-electron chi connectivity index (χ3n) is 3.50. The van der Waals surface area contributed by atoms with Crippen LogP contribution in [-0.4, -0.2) is 13.0 Å². The molecule has 3 aromatic rings. The summed E-state index contributed by atoms with van der Waals surface area (Å²) in [7, 11) is 1.73. The normalized spacial score (nSPS) is 10.3. The van der Waals surface area contributed by atoms with Crippen LogP contribution in [0.2, 0.25) is 0 Å². The highest BCUT2D eigenvalue weighted by Crippen LogP contribution is 2.23. The van der Waals surface area contributed by atoms with E-state index in [1.807, 2.05) is 42.5 Å². The lowest BCUT2D eigenvalue weighted by atomic mass is 10.1. The molecule has 0 bridgehead atoms.